The van der Waals surface area contributed by atoms with Crippen LogP contribution in [0.25, 0.3) is 0 Å². The fourth-order valence-electron chi connectivity index (χ4n) is 1.98. The van der Waals surface area contributed by atoms with Crippen molar-refractivity contribution in [2.45, 2.75) is 26.8 Å². The quantitative estimate of drug-likeness (QED) is 0.794. The number of nitrogens with one attached hydrogen (secondary N) is 1. The zero-order valence-electron chi connectivity index (χ0n) is 11.5. The third-order valence-corrected chi connectivity index (χ3v) is 3.84. The third kappa shape index (κ3) is 4.76. The van der Waals surface area contributed by atoms with Crippen LogP contribution in [0.3, 0.4) is 0 Å². The molecule has 0 radical (unpaired) electrons. The normalized spacial score (nSPS) is 13.1. The van der Waals surface area contributed by atoms with Crippen molar-refractivity contribution in [2.75, 3.05) is 17.3 Å². The lowest BCUT2D eigenvalue weighted by Crippen LogP contribution is -2.27. The highest BCUT2D eigenvalue weighted by atomic mass is 32.2. The van der Waals surface area contributed by atoms with Crippen molar-refractivity contribution in [3.63, 3.8) is 0 Å². The number of thiocarbonyl (C=S) groups is 1. The van der Waals surface area contributed by atoms with Gasteiger partial charge >= 0.3 is 0 Å². The summed E-state index contributed by atoms with van der Waals surface area (Å²) in [7, 11) is -3.05. The number of hydrogen-bond donors (Lipinski definition) is 2. The number of aryl methyl sites for hydroxylation is 2. The van der Waals surface area contributed by atoms with Crippen LogP contribution in [0.4, 0.5) is 5.82 Å². The van der Waals surface area contributed by atoms with E-state index in [1.54, 1.807) is 6.92 Å². The van der Waals surface area contributed by atoms with Crippen molar-refractivity contribution in [3.8, 4) is 0 Å². The van der Waals surface area contributed by atoms with Crippen molar-refractivity contribution in [1.29, 1.82) is 0 Å². The van der Waals surface area contributed by atoms with Gasteiger partial charge in [0.05, 0.1) is 11.3 Å². The molecule has 0 aliphatic rings. The predicted molar refractivity (Wildman–Crippen MR) is 82.4 cm³/mol. The molecule has 0 amide bonds. The van der Waals surface area contributed by atoms with Gasteiger partial charge in [-0.05, 0) is 32.4 Å². The second kappa shape index (κ2) is 5.83. The predicted octanol–water partition coefficient (Wildman–Crippen LogP) is 1.18. The number of anilines is 1. The zero-order valence-corrected chi connectivity index (χ0v) is 13.2. The van der Waals surface area contributed by atoms with Gasteiger partial charge in [-0.2, -0.15) is 0 Å². The lowest BCUT2D eigenvalue weighted by Gasteiger charge is -2.18. The largest absolute Gasteiger partial charge is 0.389 e. The first-order valence-corrected chi connectivity index (χ1v) is 8.29. The highest BCUT2D eigenvalue weighted by Gasteiger charge is 2.16. The van der Waals surface area contributed by atoms with Crippen molar-refractivity contribution in [2.24, 2.45) is 5.73 Å². The molecule has 0 aliphatic heterocycles. The van der Waals surface area contributed by atoms with Gasteiger partial charge in [-0.15, -0.1) is 0 Å². The number of aromatic nitrogens is 1. The topological polar surface area (TPSA) is 85.1 Å². The van der Waals surface area contributed by atoms with E-state index in [2.05, 4.69) is 10.3 Å². The Labute approximate surface area is 119 Å². The molecule has 0 fully saturated rings. The maximum absolute atomic E-state index is 11.3. The molecule has 0 spiro atoms. The molecule has 1 rings (SSSR count). The molecule has 1 atom stereocenters. The Balaban J connectivity index is 3.10. The average molecular weight is 301 g/mol. The van der Waals surface area contributed by atoms with Gasteiger partial charge in [-0.1, -0.05) is 12.2 Å². The van der Waals surface area contributed by atoms with Crippen LogP contribution in [0.15, 0.2) is 6.07 Å². The smallest absolute Gasteiger partial charge is 0.149 e. The van der Waals surface area contributed by atoms with Crippen LogP contribution in [0, 0.1) is 13.8 Å². The minimum absolute atomic E-state index is 0.0262. The highest BCUT2D eigenvalue weighted by molar-refractivity contribution is 7.90. The zero-order chi connectivity index (χ0) is 14.8. The summed E-state index contributed by atoms with van der Waals surface area (Å²) in [6.07, 6.45) is 1.20. The summed E-state index contributed by atoms with van der Waals surface area (Å²) in [6.45, 7) is 5.54. The molecule has 0 bridgehead atoms. The van der Waals surface area contributed by atoms with Crippen molar-refractivity contribution in [3.05, 3.63) is 22.9 Å². The van der Waals surface area contributed by atoms with Gasteiger partial charge < -0.3 is 11.1 Å². The van der Waals surface area contributed by atoms with Crippen LogP contribution in [0.2, 0.25) is 0 Å². The third-order valence-electron chi connectivity index (χ3n) is 2.53. The van der Waals surface area contributed by atoms with E-state index in [9.17, 15) is 8.42 Å². The van der Waals surface area contributed by atoms with E-state index in [-0.39, 0.29) is 16.8 Å². The molecule has 0 aliphatic carbocycles. The van der Waals surface area contributed by atoms with Crippen molar-refractivity contribution < 1.29 is 8.42 Å². The molecule has 1 aromatic heterocycles. The molecule has 3 N–H and O–H groups in total. The van der Waals surface area contributed by atoms with Gasteiger partial charge in [0.15, 0.2) is 0 Å². The average Bonchev–Trinajstić information content (AvgIpc) is 2.10. The Morgan fingerprint density at radius 1 is 1.53 bits per heavy atom. The molecule has 106 valence electrons. The van der Waals surface area contributed by atoms with E-state index in [4.69, 9.17) is 18.0 Å². The van der Waals surface area contributed by atoms with E-state index in [1.165, 1.54) is 6.26 Å². The standard InChI is InChI=1S/C12H19N3O2S2/c1-7-5-8(2)14-12(10(7)11(13)18)15-9(3)6-19(4,16)17/h5,9H,6H2,1-4H3,(H2,13,18)(H,14,15). The van der Waals surface area contributed by atoms with Crippen LogP contribution in [-0.2, 0) is 9.84 Å². The van der Waals surface area contributed by atoms with E-state index in [0.717, 1.165) is 11.3 Å². The summed E-state index contributed by atoms with van der Waals surface area (Å²) in [5.41, 5.74) is 8.12. The van der Waals surface area contributed by atoms with Gasteiger partial charge in [-0.25, -0.2) is 13.4 Å². The van der Waals surface area contributed by atoms with Gasteiger partial charge in [-0.3, -0.25) is 0 Å². The SMILES string of the molecule is Cc1cc(C)c(C(N)=S)c(NC(C)CS(C)(=O)=O)n1. The fraction of sp³-hybridized carbons (Fsp3) is 0.500. The highest BCUT2D eigenvalue weighted by Crippen LogP contribution is 2.19. The maximum atomic E-state index is 11.3. The van der Waals surface area contributed by atoms with Crippen LogP contribution >= 0.6 is 12.2 Å². The summed E-state index contributed by atoms with van der Waals surface area (Å²) in [5.74, 6) is 0.569. The molecule has 0 saturated heterocycles. The van der Waals surface area contributed by atoms with Crippen LogP contribution in [0.5, 0.6) is 0 Å². The number of sulfone groups is 1. The number of pyridine rings is 1. The Kier molecular flexibility index (Phi) is 4.86. The first-order valence-electron chi connectivity index (χ1n) is 5.82. The minimum Gasteiger partial charge on any atom is -0.389 e. The molecule has 1 aromatic rings. The van der Waals surface area contributed by atoms with E-state index < -0.39 is 9.84 Å². The summed E-state index contributed by atoms with van der Waals surface area (Å²) in [5, 5.41) is 3.07. The molecule has 0 aromatic carbocycles. The van der Waals surface area contributed by atoms with Gasteiger partial charge in [0.1, 0.15) is 20.6 Å². The van der Waals surface area contributed by atoms with E-state index >= 15 is 0 Å². The van der Waals surface area contributed by atoms with Crippen LogP contribution in [0.1, 0.15) is 23.7 Å². The Hall–Kier alpha value is -1.21. The Morgan fingerprint density at radius 3 is 2.58 bits per heavy atom. The monoisotopic (exact) mass is 301 g/mol. The molecule has 5 nitrogen and oxygen atoms in total. The van der Waals surface area contributed by atoms with Gasteiger partial charge in [0.25, 0.3) is 0 Å². The summed E-state index contributed by atoms with van der Waals surface area (Å²) >= 11 is 5.02. The summed E-state index contributed by atoms with van der Waals surface area (Å²) < 4.78 is 22.5. The van der Waals surface area contributed by atoms with Gasteiger partial charge in [0.2, 0.25) is 0 Å². The Bertz CT molecular complexity index is 597. The van der Waals surface area contributed by atoms with E-state index in [1.807, 2.05) is 19.9 Å². The maximum Gasteiger partial charge on any atom is 0.149 e. The molecule has 7 heteroatoms. The molecule has 0 saturated carbocycles. The van der Waals surface area contributed by atoms with Crippen molar-refractivity contribution >= 4 is 32.9 Å². The number of nitrogens with zero attached hydrogens (tertiary/aromatic N) is 1. The van der Waals surface area contributed by atoms with E-state index in [0.29, 0.717) is 11.4 Å². The summed E-state index contributed by atoms with van der Waals surface area (Å²) in [4.78, 5) is 4.60. The van der Waals surface area contributed by atoms with Gasteiger partial charge in [0, 0.05) is 18.0 Å². The Morgan fingerprint density at radius 2 is 2.11 bits per heavy atom. The second-order valence-electron chi connectivity index (χ2n) is 4.81. The molecular formula is C12H19N3O2S2. The lowest BCUT2D eigenvalue weighted by atomic mass is 10.1. The number of rotatable bonds is 5. The number of nitrogens with two attached hydrogens (primary N) is 1. The summed E-state index contributed by atoms with van der Waals surface area (Å²) in [6, 6.07) is 1.62. The van der Waals surface area contributed by atoms with Crippen LogP contribution in [-0.4, -0.2) is 36.4 Å². The van der Waals surface area contributed by atoms with Crippen molar-refractivity contribution in [1.82, 2.24) is 4.98 Å². The molecule has 19 heavy (non-hydrogen) atoms. The minimum atomic E-state index is -3.05. The molecule has 1 heterocycles. The fourth-order valence-corrected chi connectivity index (χ4v) is 3.23. The van der Waals surface area contributed by atoms with Crippen LogP contribution < -0.4 is 11.1 Å². The molecular weight excluding hydrogens is 282 g/mol. The number of hydrogen-bond acceptors (Lipinski definition) is 5. The first-order chi connectivity index (χ1) is 8.60. The molecule has 1 unspecified atom stereocenters. The lowest BCUT2D eigenvalue weighted by molar-refractivity contribution is 0.598. The second-order valence-corrected chi connectivity index (χ2v) is 7.43. The first kappa shape index (κ1) is 15.8.